The van der Waals surface area contributed by atoms with Crippen LogP contribution in [0.3, 0.4) is 0 Å². The van der Waals surface area contributed by atoms with Crippen molar-refractivity contribution < 1.29 is 50.0 Å². The number of allylic oxidation sites excluding steroid dienone is 2. The monoisotopic (exact) mass is 746 g/mol. The molecule has 0 saturated carbocycles. The van der Waals surface area contributed by atoms with Crippen molar-refractivity contribution in [2.45, 2.75) is 229 Å². The minimum absolute atomic E-state index is 0.254. The van der Waals surface area contributed by atoms with Crippen molar-refractivity contribution in [1.29, 1.82) is 0 Å². The van der Waals surface area contributed by atoms with Gasteiger partial charge in [0.2, 0.25) is 5.91 Å². The fourth-order valence-corrected chi connectivity index (χ4v) is 6.73. The van der Waals surface area contributed by atoms with Gasteiger partial charge in [-0.15, -0.1) is 0 Å². The molecule has 11 heteroatoms. The molecule has 0 bridgehead atoms. The molecule has 1 aliphatic heterocycles. The molecular weight excluding hydrogens is 666 g/mol. The first-order valence-electron chi connectivity index (χ1n) is 21.1. The molecule has 0 aromatic heterocycles. The van der Waals surface area contributed by atoms with E-state index in [-0.39, 0.29) is 6.42 Å². The topological polar surface area (TPSA) is 189 Å². The highest BCUT2D eigenvalue weighted by molar-refractivity contribution is 5.80. The molecule has 0 aromatic carbocycles. The maximum Gasteiger partial charge on any atom is 0.249 e. The van der Waals surface area contributed by atoms with Crippen molar-refractivity contribution in [1.82, 2.24) is 5.32 Å². The average Bonchev–Trinajstić information content (AvgIpc) is 3.14. The zero-order valence-electron chi connectivity index (χ0n) is 32.8. The fourth-order valence-electron chi connectivity index (χ4n) is 6.73. The number of unbranched alkanes of at least 4 members (excludes halogenated alkanes) is 20. The first-order valence-corrected chi connectivity index (χ1v) is 21.1. The third-order valence-corrected chi connectivity index (χ3v) is 10.3. The highest BCUT2D eigenvalue weighted by Crippen LogP contribution is 2.23. The fraction of sp³-hybridized carbons (Fsp3) is 0.927. The summed E-state index contributed by atoms with van der Waals surface area (Å²) in [4.78, 5) is 12.9. The van der Waals surface area contributed by atoms with Crippen LogP contribution in [0.15, 0.2) is 12.2 Å². The Hall–Kier alpha value is -1.15. The lowest BCUT2D eigenvalue weighted by Crippen LogP contribution is -2.60. The minimum Gasteiger partial charge on any atom is -0.394 e. The van der Waals surface area contributed by atoms with Gasteiger partial charge in [0.05, 0.1) is 25.4 Å². The lowest BCUT2D eigenvalue weighted by atomic mass is 9.98. The quantitative estimate of drug-likeness (QED) is 0.0299. The molecule has 0 spiro atoms. The van der Waals surface area contributed by atoms with Gasteiger partial charge in [0.25, 0.3) is 0 Å². The van der Waals surface area contributed by atoms with Gasteiger partial charge < -0.3 is 50.5 Å². The van der Waals surface area contributed by atoms with E-state index >= 15 is 0 Å². The van der Waals surface area contributed by atoms with Crippen molar-refractivity contribution in [3.63, 3.8) is 0 Å². The molecule has 1 fully saturated rings. The molecule has 0 aliphatic carbocycles. The summed E-state index contributed by atoms with van der Waals surface area (Å²) in [5.41, 5.74) is 0. The number of carbonyl (C=O) groups is 1. The van der Waals surface area contributed by atoms with Gasteiger partial charge in [-0.25, -0.2) is 0 Å². The first kappa shape index (κ1) is 48.9. The van der Waals surface area contributed by atoms with Crippen LogP contribution in [0, 0.1) is 0 Å². The SMILES string of the molecule is CCCCCCCCCCCCC/C=C\CCCCCCCCC(O)C(=O)NC(COC1OC(CO)C(O)C(O)C1O)C(O)C(O)CCCCCC. The summed E-state index contributed by atoms with van der Waals surface area (Å²) in [6.45, 7) is 3.27. The summed E-state index contributed by atoms with van der Waals surface area (Å²) in [6, 6.07) is -1.16. The zero-order chi connectivity index (χ0) is 38.4. The summed E-state index contributed by atoms with van der Waals surface area (Å²) >= 11 is 0. The number of aliphatic hydroxyl groups excluding tert-OH is 7. The van der Waals surface area contributed by atoms with Gasteiger partial charge in [0.1, 0.15) is 36.6 Å². The number of carbonyl (C=O) groups excluding carboxylic acids is 1. The molecule has 9 atom stereocenters. The number of aliphatic hydroxyl groups is 7. The van der Waals surface area contributed by atoms with Gasteiger partial charge in [0, 0.05) is 0 Å². The van der Waals surface area contributed by atoms with E-state index in [1.807, 2.05) is 0 Å². The average molecular weight is 746 g/mol. The number of ether oxygens (including phenoxy) is 2. The standard InChI is InChI=1S/C41H79NO10/c1-3-5-7-9-10-11-12-13-14-15-16-17-18-19-20-21-22-23-24-25-27-29-34(45)40(50)42-32(36(46)33(44)28-26-8-6-4-2)31-51-41-39(49)38(48)37(47)35(30-43)52-41/h18-19,32-39,41,43-49H,3-17,20-31H2,1-2H3,(H,42,50)/b19-18-. The van der Waals surface area contributed by atoms with Crippen molar-refractivity contribution in [2.24, 2.45) is 0 Å². The van der Waals surface area contributed by atoms with Crippen LogP contribution in [-0.4, -0.2) is 110 Å². The molecule has 0 aromatic rings. The second-order valence-corrected chi connectivity index (χ2v) is 15.1. The van der Waals surface area contributed by atoms with Gasteiger partial charge in [0.15, 0.2) is 6.29 Å². The molecule has 1 heterocycles. The van der Waals surface area contributed by atoms with Crippen molar-refractivity contribution >= 4 is 5.91 Å². The Morgan fingerprint density at radius 3 is 1.63 bits per heavy atom. The Kier molecular flexibility index (Phi) is 30.2. The number of nitrogens with one attached hydrogen (secondary N) is 1. The highest BCUT2D eigenvalue weighted by Gasteiger charge is 2.44. The minimum atomic E-state index is -1.66. The third kappa shape index (κ3) is 22.3. The molecule has 9 unspecified atom stereocenters. The van der Waals surface area contributed by atoms with Gasteiger partial charge in [-0.1, -0.05) is 148 Å². The van der Waals surface area contributed by atoms with Crippen LogP contribution in [0.4, 0.5) is 0 Å². The third-order valence-electron chi connectivity index (χ3n) is 10.3. The van der Waals surface area contributed by atoms with Crippen molar-refractivity contribution in [2.75, 3.05) is 13.2 Å². The predicted molar refractivity (Wildman–Crippen MR) is 206 cm³/mol. The first-order chi connectivity index (χ1) is 25.2. The van der Waals surface area contributed by atoms with Crippen LogP contribution in [0.2, 0.25) is 0 Å². The normalized spacial score (nSPS) is 23.1. The van der Waals surface area contributed by atoms with Crippen molar-refractivity contribution in [3.05, 3.63) is 12.2 Å². The second-order valence-electron chi connectivity index (χ2n) is 15.1. The van der Waals surface area contributed by atoms with E-state index in [0.29, 0.717) is 19.3 Å². The summed E-state index contributed by atoms with van der Waals surface area (Å²) in [5.74, 6) is -0.709. The largest absolute Gasteiger partial charge is 0.394 e. The maximum absolute atomic E-state index is 12.9. The molecule has 308 valence electrons. The van der Waals surface area contributed by atoms with Crippen LogP contribution in [-0.2, 0) is 14.3 Å². The Balaban J connectivity index is 2.31. The Labute approximate surface area is 315 Å². The zero-order valence-corrected chi connectivity index (χ0v) is 32.8. The molecule has 1 saturated heterocycles. The number of hydrogen-bond acceptors (Lipinski definition) is 10. The lowest BCUT2D eigenvalue weighted by molar-refractivity contribution is -0.303. The summed E-state index contributed by atoms with van der Waals surface area (Å²) < 4.78 is 11.0. The number of amides is 1. The van der Waals surface area contributed by atoms with E-state index < -0.39 is 74.2 Å². The Bertz CT molecular complexity index is 861. The molecule has 0 radical (unpaired) electrons. The second kappa shape index (κ2) is 32.1. The van der Waals surface area contributed by atoms with Gasteiger partial charge in [-0.2, -0.15) is 0 Å². The maximum atomic E-state index is 12.9. The summed E-state index contributed by atoms with van der Waals surface area (Å²) in [7, 11) is 0. The Morgan fingerprint density at radius 1 is 0.654 bits per heavy atom. The van der Waals surface area contributed by atoms with Crippen LogP contribution in [0.5, 0.6) is 0 Å². The number of rotatable bonds is 34. The van der Waals surface area contributed by atoms with Gasteiger partial charge in [-0.3, -0.25) is 4.79 Å². The smallest absolute Gasteiger partial charge is 0.249 e. The molecule has 11 nitrogen and oxygen atoms in total. The molecule has 1 amide bonds. The van der Waals surface area contributed by atoms with E-state index in [2.05, 4.69) is 31.3 Å². The van der Waals surface area contributed by atoms with E-state index in [9.17, 15) is 40.5 Å². The van der Waals surface area contributed by atoms with E-state index in [4.69, 9.17) is 9.47 Å². The van der Waals surface area contributed by atoms with E-state index in [0.717, 1.165) is 51.4 Å². The highest BCUT2D eigenvalue weighted by atomic mass is 16.7. The summed E-state index contributed by atoms with van der Waals surface area (Å²) in [6.07, 6.45) is 20.7. The lowest BCUT2D eigenvalue weighted by Gasteiger charge is -2.40. The predicted octanol–water partition coefficient (Wildman–Crippen LogP) is 5.72. The van der Waals surface area contributed by atoms with Crippen LogP contribution >= 0.6 is 0 Å². The molecule has 1 aliphatic rings. The van der Waals surface area contributed by atoms with E-state index in [1.165, 1.54) is 83.5 Å². The van der Waals surface area contributed by atoms with Crippen LogP contribution in [0.25, 0.3) is 0 Å². The van der Waals surface area contributed by atoms with Gasteiger partial charge >= 0.3 is 0 Å². The molecular formula is C41H79NO10. The molecule has 1 rings (SSSR count). The Morgan fingerprint density at radius 2 is 1.12 bits per heavy atom. The van der Waals surface area contributed by atoms with Gasteiger partial charge in [-0.05, 0) is 38.5 Å². The van der Waals surface area contributed by atoms with E-state index in [1.54, 1.807) is 0 Å². The summed E-state index contributed by atoms with van der Waals surface area (Å²) in [5, 5.41) is 74.7. The number of hydrogen-bond donors (Lipinski definition) is 8. The molecule has 8 N–H and O–H groups in total. The van der Waals surface area contributed by atoms with Crippen LogP contribution < -0.4 is 5.32 Å². The molecule has 52 heavy (non-hydrogen) atoms. The van der Waals surface area contributed by atoms with Crippen molar-refractivity contribution in [3.8, 4) is 0 Å². The van der Waals surface area contributed by atoms with Crippen LogP contribution in [0.1, 0.15) is 174 Å².